The number of benzene rings is 1. The molecule has 4 nitrogen and oxygen atoms in total. The molecule has 1 aromatic carbocycles. The van der Waals surface area contributed by atoms with Crippen molar-refractivity contribution in [3.63, 3.8) is 0 Å². The Morgan fingerprint density at radius 3 is 2.30 bits per heavy atom. The van der Waals surface area contributed by atoms with Crippen molar-refractivity contribution in [2.45, 2.75) is 25.6 Å². The Morgan fingerprint density at radius 2 is 1.75 bits per heavy atom. The highest BCUT2D eigenvalue weighted by molar-refractivity contribution is 7.88. The third-order valence-electron chi connectivity index (χ3n) is 4.47. The molecule has 20 heavy (non-hydrogen) atoms. The van der Waals surface area contributed by atoms with Crippen LogP contribution in [-0.2, 0) is 21.4 Å². The summed E-state index contributed by atoms with van der Waals surface area (Å²) in [5, 5.41) is 0. The Hall–Kier alpha value is -0.910. The molecule has 0 amide bonds. The fourth-order valence-electron chi connectivity index (χ4n) is 3.40. The molecule has 110 valence electrons. The second kappa shape index (κ2) is 5.47. The van der Waals surface area contributed by atoms with Gasteiger partial charge in [0.1, 0.15) is 0 Å². The lowest BCUT2D eigenvalue weighted by Crippen LogP contribution is -2.29. The molecule has 2 fully saturated rings. The molecule has 5 heteroatoms. The van der Waals surface area contributed by atoms with Gasteiger partial charge in [-0.2, -0.15) is 0 Å². The van der Waals surface area contributed by atoms with E-state index in [9.17, 15) is 8.42 Å². The summed E-state index contributed by atoms with van der Waals surface area (Å²) in [5.74, 6) is 0.955. The lowest BCUT2D eigenvalue weighted by Gasteiger charge is -2.17. The summed E-state index contributed by atoms with van der Waals surface area (Å²) in [6.45, 7) is 2.00. The van der Waals surface area contributed by atoms with E-state index in [1.807, 2.05) is 18.2 Å². The molecule has 1 aromatic rings. The van der Waals surface area contributed by atoms with Crippen LogP contribution in [0, 0.1) is 11.8 Å². The van der Waals surface area contributed by atoms with Crippen molar-refractivity contribution in [2.75, 3.05) is 19.3 Å². The van der Waals surface area contributed by atoms with Crippen molar-refractivity contribution >= 4 is 10.0 Å². The minimum Gasteiger partial charge on any atom is -0.374 e. The average Bonchev–Trinajstić information content (AvgIpc) is 2.95. The first-order valence-electron chi connectivity index (χ1n) is 7.13. The van der Waals surface area contributed by atoms with E-state index in [4.69, 9.17) is 4.74 Å². The lowest BCUT2D eigenvalue weighted by molar-refractivity contribution is 0.0392. The number of hydrogen-bond donors (Lipinski definition) is 0. The minimum absolute atomic E-state index is 0.284. The van der Waals surface area contributed by atoms with Crippen LogP contribution in [0.3, 0.4) is 0 Å². The second-order valence-electron chi connectivity index (χ2n) is 5.99. The SMILES string of the molecule is CS(=O)(=O)N1CC2CC(OCc3ccccc3)CC2C1. The quantitative estimate of drug-likeness (QED) is 0.852. The molecular formula is C15H21NO3S. The zero-order chi connectivity index (χ0) is 14.2. The van der Waals surface area contributed by atoms with E-state index in [1.165, 1.54) is 11.8 Å². The van der Waals surface area contributed by atoms with Crippen molar-refractivity contribution < 1.29 is 13.2 Å². The van der Waals surface area contributed by atoms with Crippen LogP contribution in [0.4, 0.5) is 0 Å². The number of fused-ring (bicyclic) bond motifs is 1. The first kappa shape index (κ1) is 14.0. The minimum atomic E-state index is -3.02. The van der Waals surface area contributed by atoms with E-state index in [0.717, 1.165) is 12.8 Å². The number of sulfonamides is 1. The van der Waals surface area contributed by atoms with Gasteiger partial charge in [-0.25, -0.2) is 12.7 Å². The predicted molar refractivity (Wildman–Crippen MR) is 77.6 cm³/mol. The highest BCUT2D eigenvalue weighted by atomic mass is 32.2. The van der Waals surface area contributed by atoms with Crippen molar-refractivity contribution in [3.05, 3.63) is 35.9 Å². The van der Waals surface area contributed by atoms with Gasteiger partial charge >= 0.3 is 0 Å². The van der Waals surface area contributed by atoms with E-state index in [1.54, 1.807) is 4.31 Å². The molecule has 0 aromatic heterocycles. The highest BCUT2D eigenvalue weighted by Gasteiger charge is 2.43. The fraction of sp³-hybridized carbons (Fsp3) is 0.600. The Kier molecular flexibility index (Phi) is 3.84. The zero-order valence-electron chi connectivity index (χ0n) is 11.7. The molecule has 1 aliphatic heterocycles. The van der Waals surface area contributed by atoms with Gasteiger partial charge in [-0.1, -0.05) is 30.3 Å². The maximum Gasteiger partial charge on any atom is 0.211 e. The standard InChI is InChI=1S/C15H21NO3S/c1-20(17,18)16-9-13-7-15(8-14(13)10-16)19-11-12-5-3-2-4-6-12/h2-6,13-15H,7-11H2,1H3. The van der Waals surface area contributed by atoms with Crippen LogP contribution in [0.5, 0.6) is 0 Å². The zero-order valence-corrected chi connectivity index (χ0v) is 12.6. The van der Waals surface area contributed by atoms with Crippen LogP contribution >= 0.6 is 0 Å². The Balaban J connectivity index is 1.51. The summed E-state index contributed by atoms with van der Waals surface area (Å²) >= 11 is 0. The van der Waals surface area contributed by atoms with E-state index in [0.29, 0.717) is 31.5 Å². The molecule has 1 heterocycles. The second-order valence-corrected chi connectivity index (χ2v) is 7.97. The van der Waals surface area contributed by atoms with Crippen molar-refractivity contribution in [1.29, 1.82) is 0 Å². The summed E-state index contributed by atoms with van der Waals surface area (Å²) < 4.78 is 30.7. The fourth-order valence-corrected chi connectivity index (χ4v) is 4.32. The number of ether oxygens (including phenoxy) is 1. The Morgan fingerprint density at radius 1 is 1.15 bits per heavy atom. The van der Waals surface area contributed by atoms with Crippen LogP contribution in [0.15, 0.2) is 30.3 Å². The maximum atomic E-state index is 11.6. The van der Waals surface area contributed by atoms with E-state index < -0.39 is 10.0 Å². The molecule has 1 saturated heterocycles. The molecule has 2 atom stereocenters. The molecule has 3 rings (SSSR count). The van der Waals surface area contributed by atoms with Gasteiger partial charge in [0, 0.05) is 13.1 Å². The number of nitrogens with zero attached hydrogens (tertiary/aromatic N) is 1. The third kappa shape index (κ3) is 3.05. The monoisotopic (exact) mass is 295 g/mol. The first-order valence-corrected chi connectivity index (χ1v) is 8.98. The molecule has 1 aliphatic carbocycles. The molecule has 0 spiro atoms. The Labute approximate surface area is 120 Å². The largest absolute Gasteiger partial charge is 0.374 e. The summed E-state index contributed by atoms with van der Waals surface area (Å²) in [5.41, 5.74) is 1.20. The normalized spacial score (nSPS) is 30.6. The molecule has 0 N–H and O–H groups in total. The van der Waals surface area contributed by atoms with E-state index >= 15 is 0 Å². The number of hydrogen-bond acceptors (Lipinski definition) is 3. The maximum absolute atomic E-state index is 11.6. The molecule has 2 unspecified atom stereocenters. The summed E-state index contributed by atoms with van der Waals surface area (Å²) in [4.78, 5) is 0. The van der Waals surface area contributed by atoms with Gasteiger partial charge in [0.15, 0.2) is 0 Å². The third-order valence-corrected chi connectivity index (χ3v) is 5.71. The van der Waals surface area contributed by atoms with Crippen molar-refractivity contribution in [1.82, 2.24) is 4.31 Å². The van der Waals surface area contributed by atoms with Gasteiger partial charge < -0.3 is 4.74 Å². The lowest BCUT2D eigenvalue weighted by atomic mass is 10.0. The van der Waals surface area contributed by atoms with E-state index in [-0.39, 0.29) is 6.10 Å². The average molecular weight is 295 g/mol. The topological polar surface area (TPSA) is 46.6 Å². The summed E-state index contributed by atoms with van der Waals surface area (Å²) in [6.07, 6.45) is 3.57. The summed E-state index contributed by atoms with van der Waals surface area (Å²) in [6, 6.07) is 10.2. The predicted octanol–water partition coefficient (Wildman–Crippen LogP) is 1.87. The van der Waals surface area contributed by atoms with Crippen molar-refractivity contribution in [3.8, 4) is 0 Å². The van der Waals surface area contributed by atoms with Crippen molar-refractivity contribution in [2.24, 2.45) is 11.8 Å². The van der Waals surface area contributed by atoms with Crippen LogP contribution in [0.1, 0.15) is 18.4 Å². The first-order chi connectivity index (χ1) is 9.52. The highest BCUT2D eigenvalue weighted by Crippen LogP contribution is 2.40. The van der Waals surface area contributed by atoms with Crippen LogP contribution < -0.4 is 0 Å². The molecular weight excluding hydrogens is 274 g/mol. The van der Waals surface area contributed by atoms with E-state index in [2.05, 4.69) is 12.1 Å². The molecule has 1 saturated carbocycles. The molecule has 0 radical (unpaired) electrons. The molecule has 0 bridgehead atoms. The Bertz CT molecular complexity index is 544. The van der Waals surface area contributed by atoms with Gasteiger partial charge in [0.25, 0.3) is 0 Å². The van der Waals surface area contributed by atoms with Gasteiger partial charge in [0.05, 0.1) is 19.0 Å². The smallest absolute Gasteiger partial charge is 0.211 e. The van der Waals surface area contributed by atoms with Crippen LogP contribution in [0.25, 0.3) is 0 Å². The number of rotatable bonds is 4. The van der Waals surface area contributed by atoms with Crippen LogP contribution in [-0.4, -0.2) is 38.2 Å². The van der Waals surface area contributed by atoms with Gasteiger partial charge in [-0.3, -0.25) is 0 Å². The van der Waals surface area contributed by atoms with Gasteiger partial charge in [-0.15, -0.1) is 0 Å². The summed E-state index contributed by atoms with van der Waals surface area (Å²) in [7, 11) is -3.02. The van der Waals surface area contributed by atoms with Crippen LogP contribution in [0.2, 0.25) is 0 Å². The van der Waals surface area contributed by atoms with Gasteiger partial charge in [-0.05, 0) is 30.2 Å². The van der Waals surface area contributed by atoms with Gasteiger partial charge in [0.2, 0.25) is 10.0 Å². The molecule has 2 aliphatic rings.